The summed E-state index contributed by atoms with van der Waals surface area (Å²) in [5, 5.41) is 3.11. The standard InChI is InChI=1S/C16H17FN2O/c1-10-3-8-14(11(2)9-10)19-15(16(18)20)12-4-6-13(17)7-5-12/h3-9,15,19H,1-2H3,(H2,18,20)/t15-/m0/s1. The van der Waals surface area contributed by atoms with Crippen LogP contribution in [0.2, 0.25) is 0 Å². The van der Waals surface area contributed by atoms with Crippen LogP contribution in [0.15, 0.2) is 42.5 Å². The van der Waals surface area contributed by atoms with Crippen molar-refractivity contribution in [3.8, 4) is 0 Å². The van der Waals surface area contributed by atoms with Gasteiger partial charge >= 0.3 is 0 Å². The normalized spacial score (nSPS) is 11.9. The smallest absolute Gasteiger partial charge is 0.244 e. The molecule has 3 N–H and O–H groups in total. The summed E-state index contributed by atoms with van der Waals surface area (Å²) in [5.74, 6) is -0.847. The van der Waals surface area contributed by atoms with Crippen LogP contribution in [0.5, 0.6) is 0 Å². The monoisotopic (exact) mass is 272 g/mol. The van der Waals surface area contributed by atoms with E-state index in [2.05, 4.69) is 5.32 Å². The fourth-order valence-electron chi connectivity index (χ4n) is 2.11. The summed E-state index contributed by atoms with van der Waals surface area (Å²) in [4.78, 5) is 11.6. The molecule has 2 rings (SSSR count). The van der Waals surface area contributed by atoms with Crippen LogP contribution in [0.3, 0.4) is 0 Å². The lowest BCUT2D eigenvalue weighted by Gasteiger charge is -2.19. The maximum absolute atomic E-state index is 13.0. The van der Waals surface area contributed by atoms with Gasteiger partial charge in [0.05, 0.1) is 0 Å². The molecule has 0 aliphatic carbocycles. The van der Waals surface area contributed by atoms with Crippen molar-refractivity contribution in [1.29, 1.82) is 0 Å². The molecule has 4 heteroatoms. The number of aryl methyl sites for hydroxylation is 2. The minimum Gasteiger partial charge on any atom is -0.370 e. The second-order valence-electron chi connectivity index (χ2n) is 4.85. The zero-order valence-corrected chi connectivity index (χ0v) is 11.5. The topological polar surface area (TPSA) is 55.1 Å². The van der Waals surface area contributed by atoms with Gasteiger partial charge in [-0.3, -0.25) is 4.79 Å². The van der Waals surface area contributed by atoms with Gasteiger partial charge in [-0.2, -0.15) is 0 Å². The summed E-state index contributed by atoms with van der Waals surface area (Å²) in [6.07, 6.45) is 0. The van der Waals surface area contributed by atoms with Crippen LogP contribution in [0.1, 0.15) is 22.7 Å². The molecule has 0 spiro atoms. The fraction of sp³-hybridized carbons (Fsp3) is 0.188. The molecule has 2 aromatic rings. The van der Waals surface area contributed by atoms with E-state index in [4.69, 9.17) is 5.73 Å². The molecular formula is C16H17FN2O. The van der Waals surface area contributed by atoms with Gasteiger partial charge in [-0.05, 0) is 43.2 Å². The Kier molecular flexibility index (Phi) is 4.03. The van der Waals surface area contributed by atoms with Crippen molar-refractivity contribution in [3.05, 3.63) is 65.0 Å². The van der Waals surface area contributed by atoms with Gasteiger partial charge in [0.1, 0.15) is 11.9 Å². The van der Waals surface area contributed by atoms with Crippen molar-refractivity contribution >= 4 is 11.6 Å². The van der Waals surface area contributed by atoms with Gasteiger partial charge in [-0.15, -0.1) is 0 Å². The Morgan fingerprint density at radius 1 is 1.15 bits per heavy atom. The largest absolute Gasteiger partial charge is 0.370 e. The summed E-state index contributed by atoms with van der Waals surface area (Å²) >= 11 is 0. The number of nitrogens with one attached hydrogen (secondary N) is 1. The van der Waals surface area contributed by atoms with E-state index in [1.807, 2.05) is 32.0 Å². The summed E-state index contributed by atoms with van der Waals surface area (Å²) < 4.78 is 13.0. The Bertz CT molecular complexity index is 623. The lowest BCUT2D eigenvalue weighted by molar-refractivity contribution is -0.118. The predicted octanol–water partition coefficient (Wildman–Crippen LogP) is 3.08. The number of nitrogens with two attached hydrogens (primary N) is 1. The van der Waals surface area contributed by atoms with E-state index in [1.54, 1.807) is 12.1 Å². The van der Waals surface area contributed by atoms with Gasteiger partial charge in [0.15, 0.2) is 0 Å². The van der Waals surface area contributed by atoms with Gasteiger partial charge in [-0.1, -0.05) is 29.8 Å². The number of hydrogen-bond donors (Lipinski definition) is 2. The van der Waals surface area contributed by atoms with E-state index in [0.29, 0.717) is 5.56 Å². The molecule has 104 valence electrons. The van der Waals surface area contributed by atoms with Gasteiger partial charge in [0.25, 0.3) is 0 Å². The number of carbonyl (C=O) groups excluding carboxylic acids is 1. The van der Waals surface area contributed by atoms with E-state index >= 15 is 0 Å². The van der Waals surface area contributed by atoms with Crippen LogP contribution in [0, 0.1) is 19.7 Å². The van der Waals surface area contributed by atoms with Crippen LogP contribution in [-0.4, -0.2) is 5.91 Å². The number of hydrogen-bond acceptors (Lipinski definition) is 2. The molecule has 0 saturated heterocycles. The first-order chi connectivity index (χ1) is 9.47. The third-order valence-corrected chi connectivity index (χ3v) is 3.17. The van der Waals surface area contributed by atoms with Crippen molar-refractivity contribution in [2.75, 3.05) is 5.32 Å². The zero-order valence-electron chi connectivity index (χ0n) is 11.5. The fourth-order valence-corrected chi connectivity index (χ4v) is 2.11. The molecule has 20 heavy (non-hydrogen) atoms. The van der Waals surface area contributed by atoms with Gasteiger partial charge in [-0.25, -0.2) is 4.39 Å². The Morgan fingerprint density at radius 3 is 2.35 bits per heavy atom. The number of amides is 1. The molecule has 0 radical (unpaired) electrons. The maximum Gasteiger partial charge on any atom is 0.244 e. The summed E-state index contributed by atoms with van der Waals surface area (Å²) in [6.45, 7) is 3.96. The molecule has 0 saturated carbocycles. The van der Waals surface area contributed by atoms with E-state index in [9.17, 15) is 9.18 Å². The second kappa shape index (κ2) is 5.74. The molecule has 1 atom stereocenters. The minimum absolute atomic E-state index is 0.344. The van der Waals surface area contributed by atoms with E-state index < -0.39 is 11.9 Å². The first-order valence-electron chi connectivity index (χ1n) is 6.36. The molecule has 0 bridgehead atoms. The lowest BCUT2D eigenvalue weighted by atomic mass is 10.0. The van der Waals surface area contributed by atoms with Crippen LogP contribution < -0.4 is 11.1 Å². The molecule has 3 nitrogen and oxygen atoms in total. The summed E-state index contributed by atoms with van der Waals surface area (Å²) in [5.41, 5.74) is 9.08. The highest BCUT2D eigenvalue weighted by molar-refractivity contribution is 5.84. The molecule has 0 fully saturated rings. The third kappa shape index (κ3) is 3.15. The van der Waals surface area contributed by atoms with E-state index in [1.165, 1.54) is 12.1 Å². The van der Waals surface area contributed by atoms with Crippen molar-refractivity contribution in [2.24, 2.45) is 5.73 Å². The summed E-state index contributed by atoms with van der Waals surface area (Å²) in [7, 11) is 0. The van der Waals surface area contributed by atoms with E-state index in [-0.39, 0.29) is 5.82 Å². The van der Waals surface area contributed by atoms with Crippen molar-refractivity contribution < 1.29 is 9.18 Å². The number of carbonyl (C=O) groups is 1. The average Bonchev–Trinajstić information content (AvgIpc) is 2.39. The molecule has 0 aliphatic heterocycles. The number of halogens is 1. The molecule has 0 unspecified atom stereocenters. The highest BCUT2D eigenvalue weighted by Crippen LogP contribution is 2.23. The Morgan fingerprint density at radius 2 is 1.80 bits per heavy atom. The minimum atomic E-state index is -0.683. The summed E-state index contributed by atoms with van der Waals surface area (Å²) in [6, 6.07) is 10.9. The number of primary amides is 1. The molecular weight excluding hydrogens is 255 g/mol. The number of anilines is 1. The molecule has 0 heterocycles. The Balaban J connectivity index is 2.30. The highest BCUT2D eigenvalue weighted by Gasteiger charge is 2.18. The molecule has 1 amide bonds. The quantitative estimate of drug-likeness (QED) is 0.898. The Hall–Kier alpha value is -2.36. The SMILES string of the molecule is Cc1ccc(N[C@H](C(N)=O)c2ccc(F)cc2)c(C)c1. The predicted molar refractivity (Wildman–Crippen MR) is 77.9 cm³/mol. The average molecular weight is 272 g/mol. The first kappa shape index (κ1) is 14.1. The number of benzene rings is 2. The number of rotatable bonds is 4. The first-order valence-corrected chi connectivity index (χ1v) is 6.36. The lowest BCUT2D eigenvalue weighted by Crippen LogP contribution is -2.28. The van der Waals surface area contributed by atoms with Crippen LogP contribution in [-0.2, 0) is 4.79 Å². The highest BCUT2D eigenvalue weighted by atomic mass is 19.1. The molecule has 2 aromatic carbocycles. The van der Waals surface area contributed by atoms with Crippen molar-refractivity contribution in [1.82, 2.24) is 0 Å². The molecule has 0 aromatic heterocycles. The second-order valence-corrected chi connectivity index (χ2v) is 4.85. The van der Waals surface area contributed by atoms with Crippen LogP contribution in [0.25, 0.3) is 0 Å². The third-order valence-electron chi connectivity index (χ3n) is 3.17. The van der Waals surface area contributed by atoms with Crippen LogP contribution in [0.4, 0.5) is 10.1 Å². The van der Waals surface area contributed by atoms with Crippen molar-refractivity contribution in [3.63, 3.8) is 0 Å². The van der Waals surface area contributed by atoms with Gasteiger partial charge in [0, 0.05) is 5.69 Å². The van der Waals surface area contributed by atoms with E-state index in [0.717, 1.165) is 16.8 Å². The van der Waals surface area contributed by atoms with Crippen LogP contribution >= 0.6 is 0 Å². The molecule has 0 aliphatic rings. The van der Waals surface area contributed by atoms with Crippen molar-refractivity contribution in [2.45, 2.75) is 19.9 Å². The Labute approximate surface area is 117 Å². The zero-order chi connectivity index (χ0) is 14.7. The van der Waals surface area contributed by atoms with Gasteiger partial charge in [0.2, 0.25) is 5.91 Å². The van der Waals surface area contributed by atoms with Gasteiger partial charge < -0.3 is 11.1 Å². The maximum atomic E-state index is 13.0.